The Morgan fingerprint density at radius 2 is 1.94 bits per heavy atom. The Balaban J connectivity index is 2.53. The number of sulfonamides is 1. The Labute approximate surface area is 97.9 Å². The standard InChI is InChI=1S/C10H22N2O3S/c1-11-7-8-16(14,15)12(2)9-10(13)5-3-4-6-10/h11,13H,3-9H2,1-2H3. The Bertz CT molecular complexity index is 310. The second-order valence-electron chi connectivity index (χ2n) is 4.61. The van der Waals surface area contributed by atoms with Crippen LogP contribution < -0.4 is 5.32 Å². The van der Waals surface area contributed by atoms with Crippen LogP contribution in [0.1, 0.15) is 25.7 Å². The van der Waals surface area contributed by atoms with Crippen molar-refractivity contribution < 1.29 is 13.5 Å². The van der Waals surface area contributed by atoms with Crippen LogP contribution >= 0.6 is 0 Å². The molecule has 96 valence electrons. The molecule has 0 bridgehead atoms. The molecule has 1 fully saturated rings. The maximum absolute atomic E-state index is 11.8. The van der Waals surface area contributed by atoms with E-state index in [1.165, 1.54) is 4.31 Å². The lowest BCUT2D eigenvalue weighted by molar-refractivity contribution is 0.0333. The fraction of sp³-hybridized carbons (Fsp3) is 1.00. The Hall–Kier alpha value is -0.170. The third-order valence-electron chi connectivity index (χ3n) is 3.14. The average molecular weight is 250 g/mol. The summed E-state index contributed by atoms with van der Waals surface area (Å²) in [6.07, 6.45) is 3.39. The van der Waals surface area contributed by atoms with Gasteiger partial charge >= 0.3 is 0 Å². The van der Waals surface area contributed by atoms with Crippen LogP contribution in [0.15, 0.2) is 0 Å². The zero-order valence-electron chi connectivity index (χ0n) is 10.1. The summed E-state index contributed by atoms with van der Waals surface area (Å²) in [5.41, 5.74) is -0.804. The van der Waals surface area contributed by atoms with Crippen molar-refractivity contribution in [1.29, 1.82) is 0 Å². The van der Waals surface area contributed by atoms with Gasteiger partial charge in [0.05, 0.1) is 11.4 Å². The highest BCUT2D eigenvalue weighted by Crippen LogP contribution is 2.30. The molecule has 1 aliphatic carbocycles. The third kappa shape index (κ3) is 3.69. The van der Waals surface area contributed by atoms with Gasteiger partial charge in [0, 0.05) is 20.1 Å². The van der Waals surface area contributed by atoms with E-state index in [2.05, 4.69) is 5.32 Å². The molecule has 0 amide bonds. The van der Waals surface area contributed by atoms with Gasteiger partial charge in [0.2, 0.25) is 10.0 Å². The minimum absolute atomic E-state index is 0.0794. The van der Waals surface area contributed by atoms with Crippen LogP contribution in [-0.2, 0) is 10.0 Å². The first-order valence-electron chi connectivity index (χ1n) is 5.71. The Morgan fingerprint density at radius 1 is 1.38 bits per heavy atom. The predicted molar refractivity (Wildman–Crippen MR) is 63.8 cm³/mol. The minimum Gasteiger partial charge on any atom is -0.389 e. The number of hydrogen-bond donors (Lipinski definition) is 2. The largest absolute Gasteiger partial charge is 0.389 e. The fourth-order valence-electron chi connectivity index (χ4n) is 2.09. The molecule has 0 aliphatic heterocycles. The van der Waals surface area contributed by atoms with E-state index in [0.717, 1.165) is 12.8 Å². The third-order valence-corrected chi connectivity index (χ3v) is 4.93. The zero-order valence-corrected chi connectivity index (χ0v) is 10.9. The Kier molecular flexibility index (Phi) is 4.73. The first-order chi connectivity index (χ1) is 7.40. The van der Waals surface area contributed by atoms with Gasteiger partial charge < -0.3 is 10.4 Å². The van der Waals surface area contributed by atoms with Crippen molar-refractivity contribution in [3.63, 3.8) is 0 Å². The smallest absolute Gasteiger partial charge is 0.215 e. The van der Waals surface area contributed by atoms with E-state index < -0.39 is 15.6 Å². The highest BCUT2D eigenvalue weighted by molar-refractivity contribution is 7.89. The number of nitrogens with one attached hydrogen (secondary N) is 1. The molecule has 1 rings (SSSR count). The number of rotatable bonds is 6. The summed E-state index contributed by atoms with van der Waals surface area (Å²) in [4.78, 5) is 0. The number of aliphatic hydroxyl groups is 1. The van der Waals surface area contributed by atoms with E-state index in [9.17, 15) is 13.5 Å². The molecular weight excluding hydrogens is 228 g/mol. The quantitative estimate of drug-likeness (QED) is 0.683. The average Bonchev–Trinajstić information content (AvgIpc) is 2.62. The minimum atomic E-state index is -3.24. The van der Waals surface area contributed by atoms with Crippen LogP contribution in [0.4, 0.5) is 0 Å². The van der Waals surface area contributed by atoms with E-state index in [-0.39, 0.29) is 12.3 Å². The van der Waals surface area contributed by atoms with Crippen LogP contribution in [0.5, 0.6) is 0 Å². The van der Waals surface area contributed by atoms with Crippen LogP contribution in [0, 0.1) is 0 Å². The van der Waals surface area contributed by atoms with Gasteiger partial charge in [-0.3, -0.25) is 0 Å². The van der Waals surface area contributed by atoms with Crippen molar-refractivity contribution in [3.8, 4) is 0 Å². The monoisotopic (exact) mass is 250 g/mol. The maximum atomic E-state index is 11.8. The number of nitrogens with zero attached hydrogens (tertiary/aromatic N) is 1. The molecule has 5 nitrogen and oxygen atoms in total. The molecule has 1 saturated carbocycles. The van der Waals surface area contributed by atoms with Gasteiger partial charge in [-0.25, -0.2) is 12.7 Å². The summed E-state index contributed by atoms with van der Waals surface area (Å²) in [7, 11) is 0.0280. The van der Waals surface area contributed by atoms with Gasteiger partial charge in [0.1, 0.15) is 0 Å². The predicted octanol–water partition coefficient (Wildman–Crippen LogP) is -0.227. The van der Waals surface area contributed by atoms with Crippen molar-refractivity contribution in [2.75, 3.05) is 32.9 Å². The van der Waals surface area contributed by atoms with Crippen molar-refractivity contribution in [2.45, 2.75) is 31.3 Å². The van der Waals surface area contributed by atoms with Gasteiger partial charge in [-0.2, -0.15) is 0 Å². The summed E-state index contributed by atoms with van der Waals surface area (Å²) >= 11 is 0. The first kappa shape index (κ1) is 13.9. The molecule has 0 aromatic carbocycles. The van der Waals surface area contributed by atoms with Gasteiger partial charge in [-0.15, -0.1) is 0 Å². The molecule has 6 heteroatoms. The highest BCUT2D eigenvalue weighted by atomic mass is 32.2. The van der Waals surface area contributed by atoms with E-state index in [0.29, 0.717) is 19.4 Å². The molecule has 1 aliphatic rings. The maximum Gasteiger partial charge on any atom is 0.215 e. The van der Waals surface area contributed by atoms with E-state index in [1.807, 2.05) is 0 Å². The first-order valence-corrected chi connectivity index (χ1v) is 7.32. The molecule has 0 aromatic heterocycles. The summed E-state index contributed by atoms with van der Waals surface area (Å²) in [5, 5.41) is 12.9. The lowest BCUT2D eigenvalue weighted by Crippen LogP contribution is -2.43. The summed E-state index contributed by atoms with van der Waals surface area (Å²) in [6, 6.07) is 0. The van der Waals surface area contributed by atoms with Gasteiger partial charge in [-0.05, 0) is 19.9 Å². The molecule has 0 heterocycles. The van der Waals surface area contributed by atoms with Crippen molar-refractivity contribution in [3.05, 3.63) is 0 Å². The van der Waals surface area contributed by atoms with Gasteiger partial charge in [0.25, 0.3) is 0 Å². The van der Waals surface area contributed by atoms with Crippen molar-refractivity contribution >= 4 is 10.0 Å². The summed E-state index contributed by atoms with van der Waals surface area (Å²) in [6.45, 7) is 0.657. The number of hydrogen-bond acceptors (Lipinski definition) is 4. The lowest BCUT2D eigenvalue weighted by Gasteiger charge is -2.28. The molecule has 0 spiro atoms. The molecule has 0 atom stereocenters. The van der Waals surface area contributed by atoms with Gasteiger partial charge in [0.15, 0.2) is 0 Å². The fourth-order valence-corrected chi connectivity index (χ4v) is 3.30. The second-order valence-corrected chi connectivity index (χ2v) is 6.80. The second kappa shape index (κ2) is 5.44. The Morgan fingerprint density at radius 3 is 2.44 bits per heavy atom. The molecule has 0 unspecified atom stereocenters. The van der Waals surface area contributed by atoms with E-state index >= 15 is 0 Å². The molecule has 0 radical (unpaired) electrons. The molecule has 16 heavy (non-hydrogen) atoms. The molecule has 2 N–H and O–H groups in total. The van der Waals surface area contributed by atoms with Crippen molar-refractivity contribution in [2.24, 2.45) is 0 Å². The van der Waals surface area contributed by atoms with Crippen LogP contribution in [0.3, 0.4) is 0 Å². The molecule has 0 saturated heterocycles. The molecular formula is C10H22N2O3S. The van der Waals surface area contributed by atoms with Gasteiger partial charge in [-0.1, -0.05) is 12.8 Å². The summed E-state index contributed by atoms with van der Waals surface area (Å²) in [5.74, 6) is 0.0794. The SMILES string of the molecule is CNCCS(=O)(=O)N(C)CC1(O)CCCC1. The van der Waals surface area contributed by atoms with Crippen molar-refractivity contribution in [1.82, 2.24) is 9.62 Å². The topological polar surface area (TPSA) is 69.6 Å². The summed E-state index contributed by atoms with van der Waals surface area (Å²) < 4.78 is 24.9. The zero-order chi connectivity index (χ0) is 12.2. The number of likely N-dealkylation sites (N-methyl/N-ethyl adjacent to an activating group) is 1. The highest BCUT2D eigenvalue weighted by Gasteiger charge is 2.34. The van der Waals surface area contributed by atoms with E-state index in [4.69, 9.17) is 0 Å². The van der Waals surface area contributed by atoms with Crippen LogP contribution in [0.2, 0.25) is 0 Å². The lowest BCUT2D eigenvalue weighted by atomic mass is 10.0. The van der Waals surface area contributed by atoms with E-state index in [1.54, 1.807) is 14.1 Å². The molecule has 0 aromatic rings. The van der Waals surface area contributed by atoms with Crippen LogP contribution in [-0.4, -0.2) is 56.4 Å². The van der Waals surface area contributed by atoms with Crippen LogP contribution in [0.25, 0.3) is 0 Å². The normalized spacial score (nSPS) is 20.5.